The summed E-state index contributed by atoms with van der Waals surface area (Å²) in [5.41, 5.74) is 0. The van der Waals surface area contributed by atoms with Crippen molar-refractivity contribution in [1.82, 2.24) is 5.32 Å². The van der Waals surface area contributed by atoms with Crippen molar-refractivity contribution in [3.63, 3.8) is 0 Å². The van der Waals surface area contributed by atoms with Gasteiger partial charge in [0.25, 0.3) is 0 Å². The first-order valence-electron chi connectivity index (χ1n) is 3.06. The number of nitrogens with one attached hydrogen (secondary N) is 1. The van der Waals surface area contributed by atoms with Gasteiger partial charge in [-0.15, -0.1) is 0 Å². The van der Waals surface area contributed by atoms with Crippen LogP contribution in [0.15, 0.2) is 0 Å². The summed E-state index contributed by atoms with van der Waals surface area (Å²) in [4.78, 5) is 20.5. The van der Waals surface area contributed by atoms with Crippen LogP contribution in [0.2, 0.25) is 0 Å². The van der Waals surface area contributed by atoms with Crippen LogP contribution >= 0.6 is 0 Å². The number of hydrogen-bond acceptors (Lipinski definition) is 3. The van der Waals surface area contributed by atoms with Crippen LogP contribution in [0.3, 0.4) is 0 Å². The topological polar surface area (TPSA) is 69.2 Å². The molecule has 58 valence electrons. The Morgan fingerprint density at radius 2 is 2.10 bits per heavy atom. The molecule has 0 radical (unpaired) electrons. The fourth-order valence-electron chi connectivity index (χ4n) is 0.573. The summed E-state index contributed by atoms with van der Waals surface area (Å²) in [7, 11) is 0. The van der Waals surface area contributed by atoms with E-state index >= 15 is 0 Å². The average molecular weight is 144 g/mol. The highest BCUT2D eigenvalue weighted by Gasteiger charge is 2.06. The molecule has 0 spiro atoms. The molecule has 0 aliphatic carbocycles. The van der Waals surface area contributed by atoms with Gasteiger partial charge in [-0.05, 0) is 6.42 Å². The molecule has 0 aromatic heterocycles. The first-order chi connectivity index (χ1) is 4.57. The lowest BCUT2D eigenvalue weighted by molar-refractivity contribution is -0.308. The summed E-state index contributed by atoms with van der Waals surface area (Å²) in [6.07, 6.45) is 0.349. The highest BCUT2D eigenvalue weighted by molar-refractivity contribution is 5.80. The van der Waals surface area contributed by atoms with Crippen molar-refractivity contribution in [1.29, 1.82) is 0 Å². The summed E-state index contributed by atoms with van der Waals surface area (Å²) in [6, 6.07) is -0.850. The van der Waals surface area contributed by atoms with Crippen LogP contribution in [-0.4, -0.2) is 17.9 Å². The molecular formula is C6H10NO3-. The molecule has 4 heteroatoms. The van der Waals surface area contributed by atoms with Crippen molar-refractivity contribution in [2.75, 3.05) is 0 Å². The van der Waals surface area contributed by atoms with Crippen molar-refractivity contribution in [2.45, 2.75) is 26.3 Å². The van der Waals surface area contributed by atoms with Crippen molar-refractivity contribution in [2.24, 2.45) is 0 Å². The van der Waals surface area contributed by atoms with E-state index in [1.807, 2.05) is 0 Å². The molecule has 1 atom stereocenters. The third-order valence-electron chi connectivity index (χ3n) is 1.07. The Labute approximate surface area is 59.2 Å². The van der Waals surface area contributed by atoms with Gasteiger partial charge in [0.2, 0.25) is 5.91 Å². The van der Waals surface area contributed by atoms with Gasteiger partial charge in [0, 0.05) is 6.92 Å². The molecule has 1 unspecified atom stereocenters. The maximum atomic E-state index is 10.3. The van der Waals surface area contributed by atoms with E-state index in [0.717, 1.165) is 0 Å². The minimum Gasteiger partial charge on any atom is -0.548 e. The van der Waals surface area contributed by atoms with E-state index in [-0.39, 0.29) is 5.91 Å². The zero-order valence-electron chi connectivity index (χ0n) is 6.01. The quantitative estimate of drug-likeness (QED) is 0.532. The molecule has 0 fully saturated rings. The monoisotopic (exact) mass is 144 g/mol. The number of rotatable bonds is 3. The molecule has 0 aliphatic heterocycles. The Bertz CT molecular complexity index is 144. The molecule has 0 saturated heterocycles. The fraction of sp³-hybridized carbons (Fsp3) is 0.667. The summed E-state index contributed by atoms with van der Waals surface area (Å²) >= 11 is 0. The van der Waals surface area contributed by atoms with Gasteiger partial charge in [0.15, 0.2) is 0 Å². The molecule has 0 aliphatic rings. The largest absolute Gasteiger partial charge is 0.548 e. The predicted molar refractivity (Wildman–Crippen MR) is 32.9 cm³/mol. The molecule has 10 heavy (non-hydrogen) atoms. The lowest BCUT2D eigenvalue weighted by Crippen LogP contribution is -2.46. The number of amides is 1. The van der Waals surface area contributed by atoms with Crippen LogP contribution in [0.1, 0.15) is 20.3 Å². The minimum absolute atomic E-state index is 0.349. The van der Waals surface area contributed by atoms with Crippen LogP contribution in [-0.2, 0) is 9.59 Å². The molecule has 0 bridgehead atoms. The van der Waals surface area contributed by atoms with E-state index in [1.165, 1.54) is 6.92 Å². The summed E-state index contributed by atoms with van der Waals surface area (Å²) in [5.74, 6) is -1.59. The zero-order chi connectivity index (χ0) is 8.15. The zero-order valence-corrected chi connectivity index (χ0v) is 6.01. The predicted octanol–water partition coefficient (Wildman–Crippen LogP) is -1.35. The summed E-state index contributed by atoms with van der Waals surface area (Å²) in [5, 5.41) is 12.4. The lowest BCUT2D eigenvalue weighted by atomic mass is 10.2. The second-order valence-electron chi connectivity index (χ2n) is 1.98. The van der Waals surface area contributed by atoms with Crippen molar-refractivity contribution in [3.8, 4) is 0 Å². The van der Waals surface area contributed by atoms with Crippen LogP contribution in [0.4, 0.5) is 0 Å². The fourth-order valence-corrected chi connectivity index (χ4v) is 0.573. The molecule has 0 heterocycles. The first-order valence-corrected chi connectivity index (χ1v) is 3.06. The van der Waals surface area contributed by atoms with Gasteiger partial charge in [0.05, 0.1) is 12.0 Å². The number of carbonyl (C=O) groups excluding carboxylic acids is 2. The number of carboxylic acids is 1. The molecule has 1 N–H and O–H groups in total. The molecule has 0 aromatic carbocycles. The average Bonchev–Trinajstić information content (AvgIpc) is 1.81. The van der Waals surface area contributed by atoms with Crippen molar-refractivity contribution in [3.05, 3.63) is 0 Å². The van der Waals surface area contributed by atoms with E-state index in [0.29, 0.717) is 6.42 Å². The number of carboxylic acid groups (broad SMARTS) is 1. The van der Waals surface area contributed by atoms with Gasteiger partial charge in [-0.25, -0.2) is 0 Å². The second kappa shape index (κ2) is 3.87. The third-order valence-corrected chi connectivity index (χ3v) is 1.07. The number of carbonyl (C=O) groups is 2. The van der Waals surface area contributed by atoms with E-state index in [2.05, 4.69) is 5.32 Å². The second-order valence-corrected chi connectivity index (χ2v) is 1.98. The van der Waals surface area contributed by atoms with Gasteiger partial charge >= 0.3 is 0 Å². The molecule has 0 saturated carbocycles. The lowest BCUT2D eigenvalue weighted by Gasteiger charge is -2.15. The molecule has 0 rings (SSSR count). The highest BCUT2D eigenvalue weighted by Crippen LogP contribution is 1.87. The third kappa shape index (κ3) is 3.06. The minimum atomic E-state index is -1.24. The van der Waals surface area contributed by atoms with Crippen LogP contribution in [0.5, 0.6) is 0 Å². The van der Waals surface area contributed by atoms with Crippen LogP contribution in [0.25, 0.3) is 0 Å². The van der Waals surface area contributed by atoms with Crippen molar-refractivity contribution >= 4 is 11.9 Å². The van der Waals surface area contributed by atoms with Gasteiger partial charge in [-0.1, -0.05) is 6.92 Å². The molecule has 4 nitrogen and oxygen atoms in total. The summed E-state index contributed by atoms with van der Waals surface area (Å²) < 4.78 is 0. The first kappa shape index (κ1) is 8.94. The molecule has 0 aromatic rings. The van der Waals surface area contributed by atoms with Crippen LogP contribution in [0, 0.1) is 0 Å². The van der Waals surface area contributed by atoms with E-state index in [9.17, 15) is 14.7 Å². The highest BCUT2D eigenvalue weighted by atomic mass is 16.4. The molecular weight excluding hydrogens is 134 g/mol. The van der Waals surface area contributed by atoms with Gasteiger partial charge < -0.3 is 15.2 Å². The Morgan fingerprint density at radius 3 is 2.20 bits per heavy atom. The smallest absolute Gasteiger partial charge is 0.217 e. The Morgan fingerprint density at radius 1 is 1.60 bits per heavy atom. The van der Waals surface area contributed by atoms with Gasteiger partial charge in [-0.3, -0.25) is 4.79 Å². The van der Waals surface area contributed by atoms with E-state index in [1.54, 1.807) is 6.92 Å². The van der Waals surface area contributed by atoms with Crippen molar-refractivity contribution < 1.29 is 14.7 Å². The maximum Gasteiger partial charge on any atom is 0.217 e. The SMILES string of the molecule is CCC(NC(C)=O)C(=O)[O-]. The number of hydrogen-bond donors (Lipinski definition) is 1. The van der Waals surface area contributed by atoms with E-state index < -0.39 is 12.0 Å². The van der Waals surface area contributed by atoms with E-state index in [4.69, 9.17) is 0 Å². The summed E-state index contributed by atoms with van der Waals surface area (Å²) in [6.45, 7) is 2.93. The maximum absolute atomic E-state index is 10.3. The molecule has 1 amide bonds. The Hall–Kier alpha value is -1.06. The standard InChI is InChI=1S/C6H11NO3/c1-3-5(6(9)10)7-4(2)8/h5H,3H2,1-2H3,(H,7,8)(H,9,10)/p-1. The Balaban J connectivity index is 3.83. The van der Waals surface area contributed by atoms with Gasteiger partial charge in [0.1, 0.15) is 0 Å². The van der Waals surface area contributed by atoms with Gasteiger partial charge in [-0.2, -0.15) is 0 Å². The van der Waals surface area contributed by atoms with Crippen LogP contribution < -0.4 is 10.4 Å². The Kier molecular flexibility index (Phi) is 3.46. The number of aliphatic carboxylic acids is 1. The normalized spacial score (nSPS) is 12.2.